The number of para-hydroxylation sites is 1. The summed E-state index contributed by atoms with van der Waals surface area (Å²) in [6.07, 6.45) is -0.0711. The van der Waals surface area contributed by atoms with Gasteiger partial charge in [-0.3, -0.25) is 14.9 Å². The summed E-state index contributed by atoms with van der Waals surface area (Å²) in [7, 11) is 1.35. The first-order chi connectivity index (χ1) is 15.1. The first-order valence-corrected chi connectivity index (χ1v) is 9.82. The topological polar surface area (TPSA) is 122 Å². The molecule has 32 heavy (non-hydrogen) atoms. The zero-order valence-electron chi connectivity index (χ0n) is 16.7. The summed E-state index contributed by atoms with van der Waals surface area (Å²) in [6, 6.07) is 7.75. The second kappa shape index (κ2) is 9.29. The number of carbonyl (C=O) groups is 4. The molecule has 0 radical (unpaired) electrons. The maximum Gasteiger partial charge on any atom is 0.344 e. The van der Waals surface area contributed by atoms with Gasteiger partial charge in [0.05, 0.1) is 17.8 Å². The molecule has 0 spiro atoms. The van der Waals surface area contributed by atoms with Crippen LogP contribution in [0.3, 0.4) is 0 Å². The summed E-state index contributed by atoms with van der Waals surface area (Å²) in [5.74, 6) is -2.92. The second-order valence-corrected chi connectivity index (χ2v) is 7.37. The van der Waals surface area contributed by atoms with Gasteiger partial charge < -0.3 is 14.6 Å². The molecule has 166 valence electrons. The van der Waals surface area contributed by atoms with E-state index < -0.39 is 35.5 Å². The third kappa shape index (κ3) is 4.53. The Hall–Kier alpha value is -3.56. The number of carboxylic acid groups (broad SMARTS) is 1. The minimum atomic E-state index is -1.25. The molecule has 1 aliphatic rings. The largest absolute Gasteiger partial charge is 0.493 e. The van der Waals surface area contributed by atoms with Crippen molar-refractivity contribution in [1.29, 1.82) is 0 Å². The summed E-state index contributed by atoms with van der Waals surface area (Å²) < 4.78 is 10.7. The average Bonchev–Trinajstić information content (AvgIpc) is 2.73. The first kappa shape index (κ1) is 23.1. The molecule has 2 aromatic rings. The molecule has 0 saturated carbocycles. The van der Waals surface area contributed by atoms with E-state index in [9.17, 15) is 24.3 Å². The highest BCUT2D eigenvalue weighted by atomic mass is 35.5. The van der Waals surface area contributed by atoms with Crippen LogP contribution in [0, 0.1) is 0 Å². The molecular weight excluding hydrogens is 463 g/mol. The van der Waals surface area contributed by atoms with E-state index in [0.717, 1.165) is 0 Å². The van der Waals surface area contributed by atoms with Crippen molar-refractivity contribution in [2.45, 2.75) is 13.0 Å². The Morgan fingerprint density at radius 3 is 2.53 bits per heavy atom. The number of anilines is 1. The highest BCUT2D eigenvalue weighted by molar-refractivity contribution is 6.42. The Balaban J connectivity index is 2.09. The first-order valence-electron chi connectivity index (χ1n) is 9.07. The molecule has 4 amide bonds. The van der Waals surface area contributed by atoms with Crippen LogP contribution in [0.15, 0.2) is 42.0 Å². The van der Waals surface area contributed by atoms with Crippen molar-refractivity contribution < 1.29 is 33.8 Å². The van der Waals surface area contributed by atoms with E-state index in [-0.39, 0.29) is 27.8 Å². The zero-order valence-corrected chi connectivity index (χ0v) is 18.2. The third-order valence-electron chi connectivity index (χ3n) is 4.42. The van der Waals surface area contributed by atoms with Gasteiger partial charge in [-0.2, -0.15) is 0 Å². The van der Waals surface area contributed by atoms with Crippen molar-refractivity contribution in [3.63, 3.8) is 0 Å². The molecule has 1 saturated heterocycles. The van der Waals surface area contributed by atoms with Crippen LogP contribution in [0.4, 0.5) is 10.5 Å². The molecule has 0 aliphatic carbocycles. The normalized spacial score (nSPS) is 16.1. The molecular formula is C21H16Cl2N2O7. The van der Waals surface area contributed by atoms with Crippen molar-refractivity contribution >= 4 is 58.8 Å². The molecule has 3 rings (SSSR count). The molecule has 0 unspecified atom stereocenters. The lowest BCUT2D eigenvalue weighted by atomic mass is 10.1. The lowest BCUT2D eigenvalue weighted by Crippen LogP contribution is -2.54. The van der Waals surface area contributed by atoms with E-state index in [2.05, 4.69) is 5.32 Å². The Bertz CT molecular complexity index is 1160. The van der Waals surface area contributed by atoms with Gasteiger partial charge in [0.1, 0.15) is 5.57 Å². The van der Waals surface area contributed by atoms with Crippen LogP contribution < -0.4 is 19.7 Å². The quantitative estimate of drug-likeness (QED) is 0.480. The highest BCUT2D eigenvalue weighted by Gasteiger charge is 2.38. The van der Waals surface area contributed by atoms with Gasteiger partial charge in [0.15, 0.2) is 17.6 Å². The van der Waals surface area contributed by atoms with Crippen LogP contribution in [0.1, 0.15) is 12.5 Å². The molecule has 11 heteroatoms. The zero-order chi connectivity index (χ0) is 23.6. The summed E-state index contributed by atoms with van der Waals surface area (Å²) >= 11 is 12.0. The van der Waals surface area contributed by atoms with Crippen LogP contribution in [-0.4, -0.2) is 42.1 Å². The number of hydrogen-bond acceptors (Lipinski definition) is 6. The van der Waals surface area contributed by atoms with Crippen molar-refractivity contribution in [2.75, 3.05) is 12.0 Å². The van der Waals surface area contributed by atoms with E-state index in [1.54, 1.807) is 6.07 Å². The number of carbonyl (C=O) groups excluding carboxylic acids is 3. The molecule has 1 heterocycles. The van der Waals surface area contributed by atoms with Crippen LogP contribution >= 0.6 is 23.2 Å². The SMILES string of the molecule is COc1cccc(/C=C2\C(=O)NC(=O)N(c3ccc(Cl)cc3Cl)C2=O)c1O[C@@H](C)C(=O)O. The van der Waals surface area contributed by atoms with E-state index in [1.807, 2.05) is 0 Å². The molecule has 1 aliphatic heterocycles. The lowest BCUT2D eigenvalue weighted by Gasteiger charge is -2.27. The summed E-state index contributed by atoms with van der Waals surface area (Å²) in [5, 5.41) is 11.6. The van der Waals surface area contributed by atoms with Crippen LogP contribution in [-0.2, 0) is 14.4 Å². The molecule has 2 aromatic carbocycles. The number of amides is 4. The van der Waals surface area contributed by atoms with Gasteiger partial charge in [-0.25, -0.2) is 14.5 Å². The molecule has 0 aromatic heterocycles. The van der Waals surface area contributed by atoms with Gasteiger partial charge in [-0.05, 0) is 37.3 Å². The minimum Gasteiger partial charge on any atom is -0.493 e. The number of nitrogens with one attached hydrogen (secondary N) is 1. The fourth-order valence-electron chi connectivity index (χ4n) is 2.85. The number of imide groups is 2. The number of halogens is 2. The number of barbiturate groups is 1. The number of ether oxygens (including phenoxy) is 2. The Morgan fingerprint density at radius 2 is 1.91 bits per heavy atom. The van der Waals surface area contributed by atoms with E-state index in [1.165, 1.54) is 50.4 Å². The fourth-order valence-corrected chi connectivity index (χ4v) is 3.35. The van der Waals surface area contributed by atoms with E-state index in [0.29, 0.717) is 9.92 Å². The summed E-state index contributed by atoms with van der Waals surface area (Å²) in [5.41, 5.74) is -0.192. The van der Waals surface area contributed by atoms with Gasteiger partial charge in [0, 0.05) is 10.6 Å². The van der Waals surface area contributed by atoms with E-state index >= 15 is 0 Å². The number of aliphatic carboxylic acids is 1. The number of urea groups is 1. The molecule has 1 fully saturated rings. The maximum atomic E-state index is 13.1. The Kier molecular flexibility index (Phi) is 6.71. The fraction of sp³-hybridized carbons (Fsp3) is 0.143. The maximum absolute atomic E-state index is 13.1. The van der Waals surface area contributed by atoms with Crippen molar-refractivity contribution in [3.8, 4) is 11.5 Å². The smallest absolute Gasteiger partial charge is 0.344 e. The molecule has 1 atom stereocenters. The van der Waals surface area contributed by atoms with Crippen LogP contribution in [0.5, 0.6) is 11.5 Å². The molecule has 9 nitrogen and oxygen atoms in total. The monoisotopic (exact) mass is 478 g/mol. The molecule has 2 N–H and O–H groups in total. The third-order valence-corrected chi connectivity index (χ3v) is 4.96. The van der Waals surface area contributed by atoms with Gasteiger partial charge in [-0.15, -0.1) is 0 Å². The number of carboxylic acids is 1. The second-order valence-electron chi connectivity index (χ2n) is 6.53. The van der Waals surface area contributed by atoms with Crippen molar-refractivity contribution in [3.05, 3.63) is 57.6 Å². The van der Waals surface area contributed by atoms with Crippen LogP contribution in [0.25, 0.3) is 6.08 Å². The number of benzene rings is 2. The standard InChI is InChI=1S/C21H16Cl2N2O7/c1-10(20(28)29)32-17-11(4-3-5-16(17)31-2)8-13-18(26)24-21(30)25(19(13)27)15-7-6-12(22)9-14(15)23/h3-10H,1-2H3,(H,28,29)(H,24,26,30)/b13-8+/t10-/m0/s1. The van der Waals surface area contributed by atoms with Crippen LogP contribution in [0.2, 0.25) is 10.0 Å². The van der Waals surface area contributed by atoms with Crippen molar-refractivity contribution in [2.24, 2.45) is 0 Å². The number of methoxy groups -OCH3 is 1. The Labute approximate surface area is 192 Å². The number of rotatable bonds is 6. The van der Waals surface area contributed by atoms with Gasteiger partial charge in [-0.1, -0.05) is 35.3 Å². The van der Waals surface area contributed by atoms with Gasteiger partial charge in [0.2, 0.25) is 0 Å². The highest BCUT2D eigenvalue weighted by Crippen LogP contribution is 2.35. The number of hydrogen-bond donors (Lipinski definition) is 2. The number of nitrogens with zero attached hydrogens (tertiary/aromatic N) is 1. The van der Waals surface area contributed by atoms with Crippen molar-refractivity contribution in [1.82, 2.24) is 5.32 Å². The lowest BCUT2D eigenvalue weighted by molar-refractivity contribution is -0.144. The Morgan fingerprint density at radius 1 is 1.19 bits per heavy atom. The van der Waals surface area contributed by atoms with Gasteiger partial charge in [0.25, 0.3) is 11.8 Å². The summed E-state index contributed by atoms with van der Waals surface area (Å²) in [4.78, 5) is 49.9. The average molecular weight is 479 g/mol. The minimum absolute atomic E-state index is 0.00553. The predicted molar refractivity (Wildman–Crippen MR) is 116 cm³/mol. The predicted octanol–water partition coefficient (Wildman–Crippen LogP) is 3.52. The van der Waals surface area contributed by atoms with E-state index in [4.69, 9.17) is 32.7 Å². The molecule has 0 bridgehead atoms. The van der Waals surface area contributed by atoms with Gasteiger partial charge >= 0.3 is 12.0 Å². The summed E-state index contributed by atoms with van der Waals surface area (Å²) in [6.45, 7) is 1.31.